The van der Waals surface area contributed by atoms with Crippen LogP contribution in [0.3, 0.4) is 0 Å². The molecule has 0 aliphatic rings. The standard InChI is InChI=1S/C18H16ClN7/c1-11(24-16-8-15(20)22-10-23-16)13-7-17-21-9-14(19)26(17)25-18(13)12-5-3-2-4-6-12/h2-11H,1H3,(H3,20,22,23,24)/t11-/m0/s1. The zero-order chi connectivity index (χ0) is 18.1. The van der Waals surface area contributed by atoms with Crippen LogP contribution in [0, 0.1) is 0 Å². The van der Waals surface area contributed by atoms with Crippen LogP contribution in [0.4, 0.5) is 11.6 Å². The molecular weight excluding hydrogens is 350 g/mol. The average molecular weight is 366 g/mol. The van der Waals surface area contributed by atoms with E-state index in [4.69, 9.17) is 22.4 Å². The van der Waals surface area contributed by atoms with E-state index in [1.807, 2.05) is 43.3 Å². The van der Waals surface area contributed by atoms with Crippen LogP contribution in [0.25, 0.3) is 16.9 Å². The van der Waals surface area contributed by atoms with Gasteiger partial charge in [0.25, 0.3) is 0 Å². The van der Waals surface area contributed by atoms with Crippen LogP contribution in [0.5, 0.6) is 0 Å². The molecule has 0 radical (unpaired) electrons. The minimum absolute atomic E-state index is 0.0903. The van der Waals surface area contributed by atoms with Crippen molar-refractivity contribution in [1.29, 1.82) is 0 Å². The molecule has 26 heavy (non-hydrogen) atoms. The monoisotopic (exact) mass is 365 g/mol. The Labute approximate surface area is 154 Å². The molecule has 0 spiro atoms. The first-order valence-corrected chi connectivity index (χ1v) is 8.43. The first kappa shape index (κ1) is 16.3. The van der Waals surface area contributed by atoms with Gasteiger partial charge in [-0.05, 0) is 13.0 Å². The van der Waals surface area contributed by atoms with Crippen LogP contribution in [-0.4, -0.2) is 24.6 Å². The van der Waals surface area contributed by atoms with Crippen LogP contribution in [0.15, 0.2) is 55.0 Å². The van der Waals surface area contributed by atoms with Gasteiger partial charge in [-0.25, -0.2) is 19.5 Å². The quantitative estimate of drug-likeness (QED) is 0.574. The Balaban J connectivity index is 1.82. The molecule has 1 atom stereocenters. The van der Waals surface area contributed by atoms with Crippen molar-refractivity contribution in [3.8, 4) is 11.3 Å². The van der Waals surface area contributed by atoms with Gasteiger partial charge in [0.1, 0.15) is 18.0 Å². The highest BCUT2D eigenvalue weighted by Crippen LogP contribution is 2.30. The maximum atomic E-state index is 6.20. The van der Waals surface area contributed by atoms with E-state index in [9.17, 15) is 0 Å². The number of nitrogens with two attached hydrogens (primary N) is 1. The molecule has 4 aromatic rings. The predicted octanol–water partition coefficient (Wildman–Crippen LogP) is 3.60. The number of nitrogens with one attached hydrogen (secondary N) is 1. The zero-order valence-corrected chi connectivity index (χ0v) is 14.7. The second kappa shape index (κ2) is 6.61. The van der Waals surface area contributed by atoms with Crippen LogP contribution in [-0.2, 0) is 0 Å². The Hall–Kier alpha value is -3.19. The molecule has 0 unspecified atom stereocenters. The van der Waals surface area contributed by atoms with Crippen molar-refractivity contribution in [2.45, 2.75) is 13.0 Å². The largest absolute Gasteiger partial charge is 0.384 e. The number of anilines is 2. The van der Waals surface area contributed by atoms with Crippen molar-refractivity contribution < 1.29 is 0 Å². The molecule has 8 heteroatoms. The molecule has 1 aromatic carbocycles. The number of nitrogen functional groups attached to an aromatic ring is 1. The van der Waals surface area contributed by atoms with Crippen molar-refractivity contribution >= 4 is 28.9 Å². The number of hydrogen-bond donors (Lipinski definition) is 2. The second-order valence-electron chi connectivity index (χ2n) is 5.86. The van der Waals surface area contributed by atoms with E-state index in [2.05, 4.69) is 20.3 Å². The Morgan fingerprint density at radius 3 is 2.69 bits per heavy atom. The number of fused-ring (bicyclic) bond motifs is 1. The third-order valence-corrected chi connectivity index (χ3v) is 4.30. The Morgan fingerprint density at radius 1 is 1.12 bits per heavy atom. The molecule has 3 aromatic heterocycles. The summed E-state index contributed by atoms with van der Waals surface area (Å²) in [4.78, 5) is 12.4. The van der Waals surface area contributed by atoms with Gasteiger partial charge in [0.05, 0.1) is 17.9 Å². The molecule has 0 aliphatic heterocycles. The minimum atomic E-state index is -0.0903. The summed E-state index contributed by atoms with van der Waals surface area (Å²) in [6.45, 7) is 2.03. The highest BCUT2D eigenvalue weighted by molar-refractivity contribution is 6.29. The fraction of sp³-hybridized carbons (Fsp3) is 0.111. The van der Waals surface area contributed by atoms with Gasteiger partial charge in [0, 0.05) is 17.2 Å². The summed E-state index contributed by atoms with van der Waals surface area (Å²) in [7, 11) is 0. The Kier molecular flexibility index (Phi) is 4.14. The maximum absolute atomic E-state index is 6.20. The molecule has 0 aliphatic carbocycles. The van der Waals surface area contributed by atoms with Crippen molar-refractivity contribution in [2.75, 3.05) is 11.1 Å². The number of rotatable bonds is 4. The normalized spacial score (nSPS) is 12.2. The summed E-state index contributed by atoms with van der Waals surface area (Å²) in [5.41, 5.74) is 9.21. The smallest absolute Gasteiger partial charge is 0.155 e. The average Bonchev–Trinajstić information content (AvgIpc) is 3.02. The number of aromatic nitrogens is 5. The molecule has 7 nitrogen and oxygen atoms in total. The lowest BCUT2D eigenvalue weighted by Crippen LogP contribution is -2.12. The van der Waals surface area contributed by atoms with E-state index in [0.29, 0.717) is 22.4 Å². The van der Waals surface area contributed by atoms with E-state index in [0.717, 1.165) is 16.8 Å². The van der Waals surface area contributed by atoms with E-state index >= 15 is 0 Å². The highest BCUT2D eigenvalue weighted by atomic mass is 35.5. The lowest BCUT2D eigenvalue weighted by Gasteiger charge is -2.18. The fourth-order valence-electron chi connectivity index (χ4n) is 2.80. The number of halogens is 1. The van der Waals surface area contributed by atoms with Crippen LogP contribution in [0.1, 0.15) is 18.5 Å². The number of nitrogens with zero attached hydrogens (tertiary/aromatic N) is 5. The van der Waals surface area contributed by atoms with Gasteiger partial charge in [-0.15, -0.1) is 0 Å². The lowest BCUT2D eigenvalue weighted by molar-refractivity contribution is 0.841. The molecule has 4 rings (SSSR count). The molecular formula is C18H16ClN7. The van der Waals surface area contributed by atoms with E-state index in [1.165, 1.54) is 6.33 Å². The Morgan fingerprint density at radius 2 is 1.92 bits per heavy atom. The first-order valence-electron chi connectivity index (χ1n) is 8.05. The molecule has 3 N–H and O–H groups in total. The maximum Gasteiger partial charge on any atom is 0.155 e. The van der Waals surface area contributed by atoms with Gasteiger partial charge in [-0.1, -0.05) is 41.9 Å². The van der Waals surface area contributed by atoms with Crippen molar-refractivity contribution in [1.82, 2.24) is 24.6 Å². The summed E-state index contributed by atoms with van der Waals surface area (Å²) < 4.78 is 1.63. The third kappa shape index (κ3) is 3.04. The summed E-state index contributed by atoms with van der Waals surface area (Å²) >= 11 is 6.20. The summed E-state index contributed by atoms with van der Waals surface area (Å²) in [6, 6.07) is 13.5. The van der Waals surface area contributed by atoms with Crippen LogP contribution in [0.2, 0.25) is 5.15 Å². The summed E-state index contributed by atoms with van der Waals surface area (Å²) in [5, 5.41) is 8.52. The van der Waals surface area contributed by atoms with Gasteiger partial charge >= 0.3 is 0 Å². The van der Waals surface area contributed by atoms with E-state index in [1.54, 1.807) is 16.8 Å². The molecule has 0 saturated carbocycles. The van der Waals surface area contributed by atoms with Crippen molar-refractivity contribution in [3.63, 3.8) is 0 Å². The summed E-state index contributed by atoms with van der Waals surface area (Å²) in [5.74, 6) is 1.05. The second-order valence-corrected chi connectivity index (χ2v) is 6.25. The summed E-state index contributed by atoms with van der Waals surface area (Å²) in [6.07, 6.45) is 3.02. The van der Waals surface area contributed by atoms with Crippen molar-refractivity contribution in [3.05, 3.63) is 65.7 Å². The third-order valence-electron chi connectivity index (χ3n) is 4.05. The van der Waals surface area contributed by atoms with Crippen LogP contribution < -0.4 is 11.1 Å². The SMILES string of the molecule is C[C@H](Nc1cc(N)ncn1)c1cc2ncc(Cl)n2nc1-c1ccccc1. The lowest BCUT2D eigenvalue weighted by atomic mass is 10.0. The fourth-order valence-corrected chi connectivity index (χ4v) is 2.98. The Bertz CT molecular complexity index is 1060. The van der Waals surface area contributed by atoms with Gasteiger partial charge in [-0.2, -0.15) is 5.10 Å². The van der Waals surface area contributed by atoms with E-state index < -0.39 is 0 Å². The predicted molar refractivity (Wildman–Crippen MR) is 102 cm³/mol. The van der Waals surface area contributed by atoms with Crippen LogP contribution >= 0.6 is 11.6 Å². The molecule has 0 amide bonds. The van der Waals surface area contributed by atoms with Gasteiger partial charge in [-0.3, -0.25) is 0 Å². The first-order chi connectivity index (χ1) is 12.6. The van der Waals surface area contributed by atoms with Crippen molar-refractivity contribution in [2.24, 2.45) is 0 Å². The highest BCUT2D eigenvalue weighted by Gasteiger charge is 2.17. The molecule has 0 bridgehead atoms. The molecule has 0 saturated heterocycles. The number of hydrogen-bond acceptors (Lipinski definition) is 6. The molecule has 0 fully saturated rings. The molecule has 130 valence electrons. The van der Waals surface area contributed by atoms with E-state index in [-0.39, 0.29) is 6.04 Å². The molecule has 3 heterocycles. The number of imidazole rings is 1. The van der Waals surface area contributed by atoms with Gasteiger partial charge in [0.15, 0.2) is 10.8 Å². The zero-order valence-electron chi connectivity index (χ0n) is 14.0. The van der Waals surface area contributed by atoms with Gasteiger partial charge in [0.2, 0.25) is 0 Å². The van der Waals surface area contributed by atoms with Gasteiger partial charge < -0.3 is 11.1 Å². The number of benzene rings is 1. The topological polar surface area (TPSA) is 94.0 Å². The minimum Gasteiger partial charge on any atom is -0.384 e.